The summed E-state index contributed by atoms with van der Waals surface area (Å²) in [7, 11) is 0. The summed E-state index contributed by atoms with van der Waals surface area (Å²) in [4.78, 5) is 12.1. The number of ether oxygens (including phenoxy) is 1. The molecule has 0 radical (unpaired) electrons. The van der Waals surface area contributed by atoms with Gasteiger partial charge in [0, 0.05) is 29.1 Å². The molecule has 0 spiro atoms. The molecule has 0 aromatic rings. The average Bonchev–Trinajstić information content (AvgIpc) is 3.15. The van der Waals surface area contributed by atoms with Crippen molar-refractivity contribution < 1.29 is 14.6 Å². The zero-order chi connectivity index (χ0) is 26.5. The van der Waals surface area contributed by atoms with Gasteiger partial charge >= 0.3 is 5.97 Å². The molecule has 36 heavy (non-hydrogen) atoms. The van der Waals surface area contributed by atoms with Crippen LogP contribution in [0.15, 0.2) is 0 Å². The van der Waals surface area contributed by atoms with Gasteiger partial charge < -0.3 is 9.84 Å². The Hall–Kier alpha value is 0.390. The number of hydrogen-bond donors (Lipinski definition) is 1. The molecular formula is C31H52Br2O3. The minimum atomic E-state index is -0.143. The number of rotatable bonds is 8. The number of carbonyl (C=O) groups is 1. The number of halogens is 2. The van der Waals surface area contributed by atoms with E-state index in [2.05, 4.69) is 66.5 Å². The number of fused-ring (bicyclic) bond motifs is 5. The number of carbonyl (C=O) groups excluding carboxylic acids is 1. The molecule has 0 bridgehead atoms. The van der Waals surface area contributed by atoms with Crippen molar-refractivity contribution in [1.82, 2.24) is 0 Å². The summed E-state index contributed by atoms with van der Waals surface area (Å²) < 4.78 is 5.72. The Morgan fingerprint density at radius 2 is 1.75 bits per heavy atom. The van der Waals surface area contributed by atoms with Crippen LogP contribution in [-0.2, 0) is 9.53 Å². The molecule has 0 amide bonds. The molecule has 2 unspecified atom stereocenters. The fourth-order valence-electron chi connectivity index (χ4n) is 10.1. The van der Waals surface area contributed by atoms with Crippen molar-refractivity contribution in [1.29, 1.82) is 0 Å². The maximum absolute atomic E-state index is 11.7. The number of aliphatic hydroxyl groups excluding tert-OH is 1. The van der Waals surface area contributed by atoms with Gasteiger partial charge in [-0.05, 0) is 110 Å². The lowest BCUT2D eigenvalue weighted by atomic mass is 9.44. The van der Waals surface area contributed by atoms with Crippen LogP contribution in [0.5, 0.6) is 0 Å². The zero-order valence-electron chi connectivity index (χ0n) is 23.7. The van der Waals surface area contributed by atoms with Crippen molar-refractivity contribution in [3.8, 4) is 0 Å². The standard InChI is InChI=1S/C31H52Br2O3/c1-19(2)22(13-16-34)8-7-20(3)25-9-10-26-24-17-28(32)31(33)18-23(36-21(4)35)11-15-30(31,6)27(24)12-14-29(25,26)5/h19-20,22-28,34H,7-18H2,1-6H3/t20-,22+,23+,24+,25-,26+,27+,28?,29-,30-,31?/m1/s1. The third-order valence-electron chi connectivity index (χ3n) is 12.2. The first-order valence-corrected chi connectivity index (χ1v) is 16.7. The number of hydrogen-bond acceptors (Lipinski definition) is 3. The van der Waals surface area contributed by atoms with Crippen LogP contribution in [0.3, 0.4) is 0 Å². The van der Waals surface area contributed by atoms with Crippen molar-refractivity contribution in [3.63, 3.8) is 0 Å². The first-order valence-electron chi connectivity index (χ1n) is 15.0. The third kappa shape index (κ3) is 5.02. The molecule has 4 rings (SSSR count). The van der Waals surface area contributed by atoms with Gasteiger partial charge in [-0.25, -0.2) is 0 Å². The normalized spacial score (nSPS) is 45.9. The molecule has 3 nitrogen and oxygen atoms in total. The second-order valence-electron chi connectivity index (χ2n) is 14.1. The lowest BCUT2D eigenvalue weighted by Gasteiger charge is -2.66. The number of alkyl halides is 2. The predicted octanol–water partition coefficient (Wildman–Crippen LogP) is 8.54. The van der Waals surface area contributed by atoms with Crippen LogP contribution in [0.25, 0.3) is 0 Å². The van der Waals surface area contributed by atoms with Gasteiger partial charge in [0.25, 0.3) is 0 Å². The van der Waals surface area contributed by atoms with Crippen molar-refractivity contribution in [3.05, 3.63) is 0 Å². The van der Waals surface area contributed by atoms with Crippen LogP contribution in [0, 0.1) is 52.3 Å². The van der Waals surface area contributed by atoms with E-state index in [0.717, 1.165) is 55.3 Å². The van der Waals surface area contributed by atoms with Crippen LogP contribution >= 0.6 is 31.9 Å². The molecule has 0 aromatic carbocycles. The van der Waals surface area contributed by atoms with E-state index in [0.29, 0.717) is 28.7 Å². The summed E-state index contributed by atoms with van der Waals surface area (Å²) in [5, 5.41) is 9.53. The Balaban J connectivity index is 1.49. The Morgan fingerprint density at radius 1 is 1.03 bits per heavy atom. The molecule has 208 valence electrons. The highest BCUT2D eigenvalue weighted by Gasteiger charge is 2.67. The van der Waals surface area contributed by atoms with Gasteiger partial charge in [0.15, 0.2) is 0 Å². The Morgan fingerprint density at radius 3 is 2.39 bits per heavy atom. The van der Waals surface area contributed by atoms with Gasteiger partial charge in [-0.3, -0.25) is 4.79 Å². The van der Waals surface area contributed by atoms with E-state index in [1.54, 1.807) is 6.92 Å². The molecule has 4 aliphatic rings. The minimum Gasteiger partial charge on any atom is -0.463 e. The Kier molecular flexibility index (Phi) is 9.06. The molecule has 1 N–H and O–H groups in total. The van der Waals surface area contributed by atoms with E-state index < -0.39 is 0 Å². The van der Waals surface area contributed by atoms with Gasteiger partial charge in [-0.1, -0.05) is 72.9 Å². The van der Waals surface area contributed by atoms with Crippen LogP contribution < -0.4 is 0 Å². The fraction of sp³-hybridized carbons (Fsp3) is 0.968. The molecule has 4 saturated carbocycles. The lowest BCUT2D eigenvalue weighted by Crippen LogP contribution is -2.64. The van der Waals surface area contributed by atoms with Crippen molar-refractivity contribution in [2.24, 2.45) is 52.3 Å². The van der Waals surface area contributed by atoms with E-state index in [4.69, 9.17) is 4.74 Å². The van der Waals surface area contributed by atoms with Crippen molar-refractivity contribution >= 4 is 37.8 Å². The van der Waals surface area contributed by atoms with E-state index in [1.165, 1.54) is 44.9 Å². The lowest BCUT2D eigenvalue weighted by molar-refractivity contribution is -0.155. The second kappa shape index (κ2) is 11.1. The molecule has 11 atom stereocenters. The molecule has 0 saturated heterocycles. The first kappa shape index (κ1) is 29.4. The predicted molar refractivity (Wildman–Crippen MR) is 155 cm³/mol. The van der Waals surface area contributed by atoms with E-state index >= 15 is 0 Å². The molecule has 0 heterocycles. The summed E-state index contributed by atoms with van der Waals surface area (Å²) in [5.41, 5.74) is 0.704. The quantitative estimate of drug-likeness (QED) is 0.216. The first-order chi connectivity index (χ1) is 16.9. The highest BCUT2D eigenvalue weighted by Crippen LogP contribution is 2.71. The largest absolute Gasteiger partial charge is 0.463 e. The van der Waals surface area contributed by atoms with E-state index in [1.807, 2.05) is 0 Å². The fourth-order valence-corrected chi connectivity index (χ4v) is 12.3. The smallest absolute Gasteiger partial charge is 0.302 e. The van der Waals surface area contributed by atoms with Gasteiger partial charge in [-0.15, -0.1) is 0 Å². The molecular weight excluding hydrogens is 580 g/mol. The molecule has 4 fully saturated rings. The Bertz CT molecular complexity index is 788. The van der Waals surface area contributed by atoms with Crippen LogP contribution in [0.2, 0.25) is 0 Å². The van der Waals surface area contributed by atoms with Crippen LogP contribution in [-0.4, -0.2) is 32.9 Å². The average molecular weight is 633 g/mol. The van der Waals surface area contributed by atoms with Gasteiger partial charge in [0.1, 0.15) is 6.10 Å². The Labute approximate surface area is 237 Å². The van der Waals surface area contributed by atoms with E-state index in [-0.39, 0.29) is 21.8 Å². The topological polar surface area (TPSA) is 46.5 Å². The maximum atomic E-state index is 11.7. The summed E-state index contributed by atoms with van der Waals surface area (Å²) in [6, 6.07) is 0. The van der Waals surface area contributed by atoms with Crippen molar-refractivity contribution in [2.45, 2.75) is 127 Å². The molecule has 4 aliphatic carbocycles. The SMILES string of the molecule is CC(=O)O[C@H]1CC[C@]2(C)[C@H]3CC[C@]4(C)[C@@H]([C@H](C)CC[C@@H](CCO)C(C)C)CC[C@H]4[C@@H]3CC(Br)C2(Br)C1. The summed E-state index contributed by atoms with van der Waals surface area (Å²) in [5.74, 6) is 5.16. The van der Waals surface area contributed by atoms with Gasteiger partial charge in [0.05, 0.1) is 0 Å². The minimum absolute atomic E-state index is 0.00284. The van der Waals surface area contributed by atoms with Crippen LogP contribution in [0.4, 0.5) is 0 Å². The monoisotopic (exact) mass is 630 g/mol. The highest BCUT2D eigenvalue weighted by atomic mass is 79.9. The molecule has 0 aromatic heterocycles. The van der Waals surface area contributed by atoms with Gasteiger partial charge in [0.2, 0.25) is 0 Å². The van der Waals surface area contributed by atoms with E-state index in [9.17, 15) is 9.90 Å². The zero-order valence-corrected chi connectivity index (χ0v) is 26.9. The number of esters is 1. The highest BCUT2D eigenvalue weighted by molar-refractivity contribution is 9.12. The molecule has 0 aliphatic heterocycles. The second-order valence-corrected chi connectivity index (χ2v) is 16.7. The maximum Gasteiger partial charge on any atom is 0.302 e. The van der Waals surface area contributed by atoms with Gasteiger partial charge in [-0.2, -0.15) is 0 Å². The summed E-state index contributed by atoms with van der Waals surface area (Å²) >= 11 is 8.51. The number of aliphatic hydroxyl groups is 1. The summed E-state index contributed by atoms with van der Waals surface area (Å²) in [6.45, 7) is 14.3. The van der Waals surface area contributed by atoms with Crippen molar-refractivity contribution in [2.75, 3.05) is 6.61 Å². The summed E-state index contributed by atoms with van der Waals surface area (Å²) in [6.07, 6.45) is 13.4. The third-order valence-corrected chi connectivity index (χ3v) is 15.8. The molecule has 5 heteroatoms. The van der Waals surface area contributed by atoms with Crippen LogP contribution in [0.1, 0.15) is 112 Å².